The van der Waals surface area contributed by atoms with Crippen LogP contribution in [0.5, 0.6) is 0 Å². The molecule has 1 aromatic carbocycles. The second kappa shape index (κ2) is 12.3. The number of nitrogens with two attached hydrogens (primary N) is 1. The van der Waals surface area contributed by atoms with E-state index in [-0.39, 0.29) is 41.9 Å². The van der Waals surface area contributed by atoms with Gasteiger partial charge in [0.15, 0.2) is 0 Å². The van der Waals surface area contributed by atoms with Gasteiger partial charge in [0.25, 0.3) is 0 Å². The molecular formula is C25H43N5O2. The highest BCUT2D eigenvalue weighted by molar-refractivity contribution is 5.81. The zero-order valence-electron chi connectivity index (χ0n) is 20.6. The van der Waals surface area contributed by atoms with E-state index in [0.29, 0.717) is 13.1 Å². The van der Waals surface area contributed by atoms with Gasteiger partial charge in [-0.2, -0.15) is 0 Å². The van der Waals surface area contributed by atoms with Crippen molar-refractivity contribution in [3.05, 3.63) is 35.9 Å². The Bertz CT molecular complexity index is 719. The molecule has 1 heterocycles. The lowest BCUT2D eigenvalue weighted by molar-refractivity contribution is -0.130. The van der Waals surface area contributed by atoms with Crippen molar-refractivity contribution in [3.8, 4) is 0 Å². The molecule has 4 N–H and O–H groups in total. The van der Waals surface area contributed by atoms with E-state index in [9.17, 15) is 9.59 Å². The van der Waals surface area contributed by atoms with Crippen molar-refractivity contribution in [2.24, 2.45) is 11.1 Å². The number of likely N-dealkylation sites (N-methyl/N-ethyl adjacent to an activating group) is 1. The van der Waals surface area contributed by atoms with Gasteiger partial charge in [-0.05, 0) is 50.8 Å². The molecule has 180 valence electrons. The van der Waals surface area contributed by atoms with Crippen molar-refractivity contribution >= 4 is 11.8 Å². The Morgan fingerprint density at radius 3 is 2.53 bits per heavy atom. The average molecular weight is 446 g/mol. The van der Waals surface area contributed by atoms with Crippen LogP contribution < -0.4 is 16.4 Å². The summed E-state index contributed by atoms with van der Waals surface area (Å²) in [6, 6.07) is 10.3. The quantitative estimate of drug-likeness (QED) is 0.482. The second-order valence-corrected chi connectivity index (χ2v) is 10.0. The molecule has 7 nitrogen and oxygen atoms in total. The summed E-state index contributed by atoms with van der Waals surface area (Å²) >= 11 is 0. The minimum Gasteiger partial charge on any atom is -0.350 e. The van der Waals surface area contributed by atoms with E-state index in [2.05, 4.69) is 48.4 Å². The smallest absolute Gasteiger partial charge is 0.237 e. The normalized spacial score (nSPS) is 18.9. The van der Waals surface area contributed by atoms with Crippen LogP contribution >= 0.6 is 0 Å². The maximum absolute atomic E-state index is 12.6. The summed E-state index contributed by atoms with van der Waals surface area (Å²) in [6.45, 7) is 11.5. The Kier molecular flexibility index (Phi) is 10.1. The predicted octanol–water partition coefficient (Wildman–Crippen LogP) is 1.62. The molecule has 0 unspecified atom stereocenters. The Morgan fingerprint density at radius 2 is 1.94 bits per heavy atom. The summed E-state index contributed by atoms with van der Waals surface area (Å²) < 4.78 is 0. The van der Waals surface area contributed by atoms with Crippen LogP contribution in [0.25, 0.3) is 0 Å². The topological polar surface area (TPSA) is 90.7 Å². The van der Waals surface area contributed by atoms with E-state index in [1.165, 1.54) is 5.56 Å². The van der Waals surface area contributed by atoms with Crippen LogP contribution in [0.3, 0.4) is 0 Å². The number of rotatable bonds is 11. The molecule has 0 bridgehead atoms. The lowest BCUT2D eigenvalue weighted by Crippen LogP contribution is -2.56. The molecule has 0 aliphatic carbocycles. The highest BCUT2D eigenvalue weighted by Crippen LogP contribution is 2.25. The minimum absolute atomic E-state index is 0.00343. The predicted molar refractivity (Wildman–Crippen MR) is 130 cm³/mol. The number of nitrogens with one attached hydrogen (secondary N) is 2. The Morgan fingerprint density at radius 1 is 1.25 bits per heavy atom. The average Bonchev–Trinajstić information content (AvgIpc) is 3.21. The van der Waals surface area contributed by atoms with Gasteiger partial charge in [0.1, 0.15) is 0 Å². The van der Waals surface area contributed by atoms with Gasteiger partial charge >= 0.3 is 0 Å². The van der Waals surface area contributed by atoms with E-state index >= 15 is 0 Å². The summed E-state index contributed by atoms with van der Waals surface area (Å²) in [4.78, 5) is 29.5. The fourth-order valence-corrected chi connectivity index (χ4v) is 4.15. The molecule has 0 spiro atoms. The molecule has 0 radical (unpaired) electrons. The van der Waals surface area contributed by atoms with Crippen LogP contribution in [-0.4, -0.2) is 79.5 Å². The lowest BCUT2D eigenvalue weighted by Gasteiger charge is -2.38. The second-order valence-electron chi connectivity index (χ2n) is 10.0. The number of nitrogens with zero attached hydrogens (tertiary/aromatic N) is 2. The number of hydrogen-bond donors (Lipinski definition) is 3. The fraction of sp³-hybridized carbons (Fsp3) is 0.680. The van der Waals surface area contributed by atoms with Gasteiger partial charge in [-0.3, -0.25) is 14.5 Å². The third-order valence-corrected chi connectivity index (χ3v) is 6.58. The zero-order chi connectivity index (χ0) is 23.7. The number of hydrogen-bond acceptors (Lipinski definition) is 5. The molecular weight excluding hydrogens is 402 g/mol. The largest absolute Gasteiger partial charge is 0.350 e. The Labute approximate surface area is 194 Å². The van der Waals surface area contributed by atoms with Crippen molar-refractivity contribution < 1.29 is 9.59 Å². The van der Waals surface area contributed by atoms with Crippen LogP contribution in [-0.2, 0) is 16.0 Å². The Hall–Kier alpha value is -1.96. The SMILES string of the molecule is CN[C@@H](C)C(=O)N[C@H](CN1CCC[C@H]1CN(CCc1ccccc1)C(=O)CN)C(C)(C)C. The molecule has 1 aromatic rings. The first kappa shape index (κ1) is 26.3. The molecule has 32 heavy (non-hydrogen) atoms. The molecule has 1 aliphatic rings. The highest BCUT2D eigenvalue weighted by atomic mass is 16.2. The fourth-order valence-electron chi connectivity index (χ4n) is 4.15. The van der Waals surface area contributed by atoms with E-state index in [4.69, 9.17) is 5.73 Å². The number of benzene rings is 1. The van der Waals surface area contributed by atoms with Crippen LogP contribution in [0.4, 0.5) is 0 Å². The van der Waals surface area contributed by atoms with E-state index in [1.54, 1.807) is 7.05 Å². The summed E-state index contributed by atoms with van der Waals surface area (Å²) in [5.41, 5.74) is 6.88. The van der Waals surface area contributed by atoms with Crippen LogP contribution in [0.2, 0.25) is 0 Å². The first-order valence-electron chi connectivity index (χ1n) is 11.9. The summed E-state index contributed by atoms with van der Waals surface area (Å²) in [6.07, 6.45) is 2.98. The zero-order valence-corrected chi connectivity index (χ0v) is 20.6. The number of amides is 2. The third-order valence-electron chi connectivity index (χ3n) is 6.58. The molecule has 1 fully saturated rings. The van der Waals surface area contributed by atoms with Gasteiger partial charge < -0.3 is 21.3 Å². The molecule has 2 amide bonds. The van der Waals surface area contributed by atoms with Crippen molar-refractivity contribution in [2.45, 2.75) is 65.1 Å². The third kappa shape index (κ3) is 7.87. The van der Waals surface area contributed by atoms with E-state index in [0.717, 1.165) is 32.4 Å². The maximum atomic E-state index is 12.6. The van der Waals surface area contributed by atoms with Crippen molar-refractivity contribution in [1.82, 2.24) is 20.4 Å². The maximum Gasteiger partial charge on any atom is 0.237 e. The standard InChI is InChI=1S/C25H43N5O2/c1-19(27-5)24(32)28-22(25(2,3)4)18-29-14-9-12-21(29)17-30(23(31)16-26)15-13-20-10-7-6-8-11-20/h6-8,10-11,19,21-22,27H,9,12-18,26H2,1-5H3,(H,28,32)/t19-,21-,22+/m0/s1. The van der Waals surface area contributed by atoms with Crippen molar-refractivity contribution in [3.63, 3.8) is 0 Å². The van der Waals surface area contributed by atoms with Gasteiger partial charge in [-0.25, -0.2) is 0 Å². The molecule has 3 atom stereocenters. The summed E-state index contributed by atoms with van der Waals surface area (Å²) in [5.74, 6) is 0.0160. The van der Waals surface area contributed by atoms with Crippen LogP contribution in [0.1, 0.15) is 46.1 Å². The molecule has 1 saturated heterocycles. The summed E-state index contributed by atoms with van der Waals surface area (Å²) in [7, 11) is 1.80. The number of carbonyl (C=O) groups excluding carboxylic acids is 2. The molecule has 0 saturated carbocycles. The molecule has 7 heteroatoms. The Balaban J connectivity index is 2.04. The first-order chi connectivity index (χ1) is 15.2. The van der Waals surface area contributed by atoms with Crippen molar-refractivity contribution in [1.29, 1.82) is 0 Å². The summed E-state index contributed by atoms with van der Waals surface area (Å²) in [5, 5.41) is 6.26. The van der Waals surface area contributed by atoms with Crippen LogP contribution in [0, 0.1) is 5.41 Å². The van der Waals surface area contributed by atoms with Gasteiger partial charge in [0.2, 0.25) is 11.8 Å². The van der Waals surface area contributed by atoms with E-state index < -0.39 is 0 Å². The highest BCUT2D eigenvalue weighted by Gasteiger charge is 2.34. The number of carbonyl (C=O) groups is 2. The van der Waals surface area contributed by atoms with Gasteiger partial charge in [-0.15, -0.1) is 0 Å². The van der Waals surface area contributed by atoms with Gasteiger partial charge in [0, 0.05) is 31.7 Å². The van der Waals surface area contributed by atoms with Gasteiger partial charge in [-0.1, -0.05) is 51.1 Å². The molecule has 0 aromatic heterocycles. The minimum atomic E-state index is -0.232. The monoisotopic (exact) mass is 445 g/mol. The van der Waals surface area contributed by atoms with Gasteiger partial charge in [0.05, 0.1) is 12.6 Å². The molecule has 2 rings (SSSR count). The van der Waals surface area contributed by atoms with Crippen molar-refractivity contribution in [2.75, 3.05) is 39.8 Å². The first-order valence-corrected chi connectivity index (χ1v) is 11.9. The van der Waals surface area contributed by atoms with Crippen LogP contribution in [0.15, 0.2) is 30.3 Å². The lowest BCUT2D eigenvalue weighted by atomic mass is 9.86. The van der Waals surface area contributed by atoms with E-state index in [1.807, 2.05) is 30.0 Å². The molecule has 1 aliphatic heterocycles. The number of likely N-dealkylation sites (tertiary alicyclic amines) is 1.